The number of fused-ring (bicyclic) bond motifs is 3. The summed E-state index contributed by atoms with van der Waals surface area (Å²) in [7, 11) is 4.28. The van der Waals surface area contributed by atoms with Crippen LogP contribution in [0, 0.1) is 6.92 Å². The van der Waals surface area contributed by atoms with Crippen molar-refractivity contribution in [2.45, 2.75) is 26.7 Å². The Morgan fingerprint density at radius 1 is 1.10 bits per heavy atom. The summed E-state index contributed by atoms with van der Waals surface area (Å²) >= 11 is 0. The number of aromatic amines is 1. The Kier molecular flexibility index (Phi) is 3.73. The predicted octanol–water partition coefficient (Wildman–Crippen LogP) is 4.30. The Morgan fingerprint density at radius 2 is 1.86 bits per heavy atom. The van der Waals surface area contributed by atoms with E-state index in [9.17, 15) is 0 Å². The average Bonchev–Trinajstić information content (AvgIpc) is 2.85. The van der Waals surface area contributed by atoms with Gasteiger partial charge < -0.3 is 9.88 Å². The van der Waals surface area contributed by atoms with Crippen LogP contribution in [0.3, 0.4) is 0 Å². The van der Waals surface area contributed by atoms with Gasteiger partial charge >= 0.3 is 0 Å². The van der Waals surface area contributed by atoms with Gasteiger partial charge in [0, 0.05) is 28.4 Å². The second-order valence-corrected chi connectivity index (χ2v) is 6.14. The van der Waals surface area contributed by atoms with Gasteiger partial charge in [-0.05, 0) is 62.7 Å². The summed E-state index contributed by atoms with van der Waals surface area (Å²) in [5, 5.41) is 2.71. The Bertz CT molecular complexity index is 781. The highest BCUT2D eigenvalue weighted by Crippen LogP contribution is 2.32. The normalized spacial score (nSPS) is 11.9. The molecule has 2 nitrogen and oxygen atoms in total. The zero-order valence-corrected chi connectivity index (χ0v) is 13.5. The molecule has 21 heavy (non-hydrogen) atoms. The molecule has 0 spiro atoms. The molecule has 3 rings (SSSR count). The fourth-order valence-corrected chi connectivity index (χ4v) is 3.26. The second kappa shape index (κ2) is 5.53. The Labute approximate surface area is 126 Å². The van der Waals surface area contributed by atoms with Crippen molar-refractivity contribution < 1.29 is 0 Å². The van der Waals surface area contributed by atoms with E-state index in [1.807, 2.05) is 0 Å². The van der Waals surface area contributed by atoms with Gasteiger partial charge in [0.1, 0.15) is 0 Å². The quantitative estimate of drug-likeness (QED) is 0.755. The predicted molar refractivity (Wildman–Crippen MR) is 92.2 cm³/mol. The molecule has 0 radical (unpaired) electrons. The Hall–Kier alpha value is -1.80. The molecule has 0 fully saturated rings. The number of benzene rings is 2. The summed E-state index contributed by atoms with van der Waals surface area (Å²) in [5.41, 5.74) is 6.98. The lowest BCUT2D eigenvalue weighted by Gasteiger charge is -2.16. The van der Waals surface area contributed by atoms with Crippen LogP contribution in [0.5, 0.6) is 0 Å². The molecule has 1 N–H and O–H groups in total. The standard InChI is InChI=1S/C19H24N2/c1-5-14-12-17-16-8-6-7-9-18(16)20-19(17)13(2)15(14)10-11-21(3)4/h6-9,12,20H,5,10-11H2,1-4H3. The fraction of sp³-hybridized carbons (Fsp3) is 0.368. The number of nitrogens with one attached hydrogen (secondary N) is 1. The summed E-state index contributed by atoms with van der Waals surface area (Å²) in [6.07, 6.45) is 2.21. The van der Waals surface area contributed by atoms with Gasteiger partial charge in [-0.3, -0.25) is 0 Å². The Balaban J connectivity index is 2.23. The average molecular weight is 280 g/mol. The molecule has 0 amide bonds. The third-order valence-corrected chi connectivity index (χ3v) is 4.47. The molecule has 1 aromatic heterocycles. The van der Waals surface area contributed by atoms with Crippen LogP contribution in [0.1, 0.15) is 23.6 Å². The molecule has 0 aliphatic rings. The SMILES string of the molecule is CCc1cc2c([nH]c3ccccc32)c(C)c1CCN(C)C. The van der Waals surface area contributed by atoms with Gasteiger partial charge in [0.2, 0.25) is 0 Å². The van der Waals surface area contributed by atoms with Crippen LogP contribution in [0.15, 0.2) is 30.3 Å². The molecular formula is C19H24N2. The molecule has 2 aromatic carbocycles. The number of aromatic nitrogens is 1. The number of rotatable bonds is 4. The van der Waals surface area contributed by atoms with E-state index in [-0.39, 0.29) is 0 Å². The van der Waals surface area contributed by atoms with Crippen LogP contribution < -0.4 is 0 Å². The number of hydrogen-bond donors (Lipinski definition) is 1. The van der Waals surface area contributed by atoms with E-state index >= 15 is 0 Å². The van der Waals surface area contributed by atoms with E-state index in [2.05, 4.69) is 68.2 Å². The fourth-order valence-electron chi connectivity index (χ4n) is 3.26. The van der Waals surface area contributed by atoms with E-state index in [1.54, 1.807) is 0 Å². The second-order valence-electron chi connectivity index (χ2n) is 6.14. The minimum atomic E-state index is 1.10. The molecule has 2 heteroatoms. The van der Waals surface area contributed by atoms with Gasteiger partial charge in [0.25, 0.3) is 0 Å². The van der Waals surface area contributed by atoms with Crippen LogP contribution >= 0.6 is 0 Å². The maximum atomic E-state index is 3.61. The first-order chi connectivity index (χ1) is 10.1. The molecule has 0 saturated carbocycles. The Morgan fingerprint density at radius 3 is 2.57 bits per heavy atom. The maximum Gasteiger partial charge on any atom is 0.0497 e. The molecule has 0 saturated heterocycles. The minimum Gasteiger partial charge on any atom is -0.354 e. The lowest BCUT2D eigenvalue weighted by molar-refractivity contribution is 0.413. The van der Waals surface area contributed by atoms with Crippen LogP contribution in [0.4, 0.5) is 0 Å². The van der Waals surface area contributed by atoms with Gasteiger partial charge in [0.05, 0.1) is 0 Å². The summed E-state index contributed by atoms with van der Waals surface area (Å²) in [6.45, 7) is 5.62. The molecular weight excluding hydrogens is 256 g/mol. The highest BCUT2D eigenvalue weighted by molar-refractivity contribution is 6.08. The van der Waals surface area contributed by atoms with Gasteiger partial charge in [-0.15, -0.1) is 0 Å². The summed E-state index contributed by atoms with van der Waals surface area (Å²) in [5.74, 6) is 0. The highest BCUT2D eigenvalue weighted by Gasteiger charge is 2.13. The zero-order chi connectivity index (χ0) is 15.0. The van der Waals surface area contributed by atoms with Crippen molar-refractivity contribution in [2.24, 2.45) is 0 Å². The van der Waals surface area contributed by atoms with Crippen molar-refractivity contribution >= 4 is 21.8 Å². The number of hydrogen-bond acceptors (Lipinski definition) is 1. The number of para-hydroxylation sites is 1. The molecule has 0 aliphatic heterocycles. The number of likely N-dealkylation sites (N-methyl/N-ethyl adjacent to an activating group) is 1. The third kappa shape index (κ3) is 2.44. The van der Waals surface area contributed by atoms with Gasteiger partial charge in [-0.1, -0.05) is 25.1 Å². The van der Waals surface area contributed by atoms with Gasteiger partial charge in [-0.25, -0.2) is 0 Å². The van der Waals surface area contributed by atoms with Crippen LogP contribution in [-0.2, 0) is 12.8 Å². The lowest BCUT2D eigenvalue weighted by Crippen LogP contribution is -2.16. The van der Waals surface area contributed by atoms with Crippen molar-refractivity contribution in [1.29, 1.82) is 0 Å². The molecule has 0 bridgehead atoms. The van der Waals surface area contributed by atoms with E-state index in [1.165, 1.54) is 38.5 Å². The minimum absolute atomic E-state index is 1.10. The number of nitrogens with zero attached hydrogens (tertiary/aromatic N) is 1. The van der Waals surface area contributed by atoms with Gasteiger partial charge in [0.15, 0.2) is 0 Å². The van der Waals surface area contributed by atoms with Crippen LogP contribution in [0.2, 0.25) is 0 Å². The topological polar surface area (TPSA) is 19.0 Å². The van der Waals surface area contributed by atoms with Crippen molar-refractivity contribution in [3.63, 3.8) is 0 Å². The third-order valence-electron chi connectivity index (χ3n) is 4.47. The molecule has 3 aromatic rings. The molecule has 1 heterocycles. The van der Waals surface area contributed by atoms with Crippen molar-refractivity contribution in [3.8, 4) is 0 Å². The molecule has 110 valence electrons. The summed E-state index contributed by atoms with van der Waals surface area (Å²) < 4.78 is 0. The molecule has 0 unspecified atom stereocenters. The van der Waals surface area contributed by atoms with Crippen LogP contribution in [0.25, 0.3) is 21.8 Å². The monoisotopic (exact) mass is 280 g/mol. The van der Waals surface area contributed by atoms with E-state index in [4.69, 9.17) is 0 Å². The van der Waals surface area contributed by atoms with Crippen molar-refractivity contribution in [1.82, 2.24) is 9.88 Å². The van der Waals surface area contributed by atoms with E-state index in [0.717, 1.165) is 19.4 Å². The molecule has 0 atom stereocenters. The maximum absolute atomic E-state index is 3.61. The molecule has 0 aliphatic carbocycles. The summed E-state index contributed by atoms with van der Waals surface area (Å²) in [6, 6.07) is 11.0. The lowest BCUT2D eigenvalue weighted by atomic mass is 9.94. The summed E-state index contributed by atoms with van der Waals surface area (Å²) in [4.78, 5) is 5.87. The first kappa shape index (κ1) is 14.2. The highest BCUT2D eigenvalue weighted by atomic mass is 15.0. The zero-order valence-electron chi connectivity index (χ0n) is 13.5. The largest absolute Gasteiger partial charge is 0.354 e. The van der Waals surface area contributed by atoms with E-state index in [0.29, 0.717) is 0 Å². The smallest absolute Gasteiger partial charge is 0.0497 e. The first-order valence-electron chi connectivity index (χ1n) is 7.78. The number of aryl methyl sites for hydroxylation is 2. The number of H-pyrrole nitrogens is 1. The van der Waals surface area contributed by atoms with Crippen LogP contribution in [-0.4, -0.2) is 30.5 Å². The first-order valence-corrected chi connectivity index (χ1v) is 7.78. The van der Waals surface area contributed by atoms with E-state index < -0.39 is 0 Å². The van der Waals surface area contributed by atoms with Crippen molar-refractivity contribution in [2.75, 3.05) is 20.6 Å². The van der Waals surface area contributed by atoms with Crippen molar-refractivity contribution in [3.05, 3.63) is 47.0 Å². The van der Waals surface area contributed by atoms with Gasteiger partial charge in [-0.2, -0.15) is 0 Å².